The number of unbranched alkanes of at least 4 members (excludes halogenated alkanes) is 27. The van der Waals surface area contributed by atoms with Crippen LogP contribution in [0.1, 0.15) is 385 Å². The highest BCUT2D eigenvalue weighted by Gasteiger charge is 2.37. The lowest BCUT2D eigenvalue weighted by molar-refractivity contribution is -0.138. The van der Waals surface area contributed by atoms with Gasteiger partial charge in [0.25, 0.3) is 0 Å². The molecular formula is C84H126O18. The Bertz CT molecular complexity index is 2760. The molecular weight excluding hydrogens is 1300 g/mol. The molecule has 0 fully saturated rings. The van der Waals surface area contributed by atoms with Crippen LogP contribution < -0.4 is 42.6 Å². The van der Waals surface area contributed by atoms with Gasteiger partial charge in [0.1, 0.15) is 0 Å². The van der Waals surface area contributed by atoms with Crippen LogP contribution in [0.4, 0.5) is 0 Å². The van der Waals surface area contributed by atoms with Gasteiger partial charge in [0, 0.05) is 93.7 Å². The molecule has 570 valence electrons. The molecule has 0 aromatic heterocycles. The minimum absolute atomic E-state index is 0.0122. The van der Waals surface area contributed by atoms with E-state index in [1.165, 1.54) is 18.2 Å². The van der Waals surface area contributed by atoms with E-state index in [1.54, 1.807) is 0 Å². The highest BCUT2D eigenvalue weighted by molar-refractivity contribution is 5.86. The van der Waals surface area contributed by atoms with Gasteiger partial charge in [-0.3, -0.25) is 43.2 Å². The lowest BCUT2D eigenvalue weighted by atomic mass is 9.92. The molecule has 0 spiro atoms. The molecule has 0 heterocycles. The maximum Gasteiger partial charge on any atom is 0.311 e. The molecule has 0 aliphatic heterocycles. The van der Waals surface area contributed by atoms with E-state index >= 15 is 0 Å². The van der Waals surface area contributed by atoms with Crippen molar-refractivity contribution in [3.8, 4) is 51.7 Å². The van der Waals surface area contributed by atoms with Gasteiger partial charge in [0.2, 0.25) is 17.2 Å². The minimum Gasteiger partial charge on any atom is -0.422 e. The van der Waals surface area contributed by atoms with Gasteiger partial charge >= 0.3 is 53.7 Å². The first-order valence-electron chi connectivity index (χ1n) is 39.9. The van der Waals surface area contributed by atoms with E-state index < -0.39 is 53.7 Å². The van der Waals surface area contributed by atoms with E-state index in [0.29, 0.717) is 77.0 Å². The van der Waals surface area contributed by atoms with E-state index in [-0.39, 0.29) is 162 Å². The summed E-state index contributed by atoms with van der Waals surface area (Å²) < 4.78 is 58.2. The molecule has 4 rings (SSSR count). The van der Waals surface area contributed by atoms with Crippen molar-refractivity contribution in [2.24, 2.45) is 0 Å². The third-order valence-corrected chi connectivity index (χ3v) is 18.4. The Morgan fingerprint density at radius 2 is 0.353 bits per heavy atom. The van der Waals surface area contributed by atoms with E-state index in [9.17, 15) is 43.2 Å². The van der Waals surface area contributed by atoms with E-state index in [0.717, 1.165) is 154 Å². The van der Waals surface area contributed by atoms with Crippen LogP contribution in [-0.2, 0) is 62.4 Å². The summed E-state index contributed by atoms with van der Waals surface area (Å²) in [5.41, 5.74) is 1.39. The normalized spacial score (nSPS) is 11.6. The second-order valence-electron chi connectivity index (χ2n) is 27.6. The van der Waals surface area contributed by atoms with Crippen LogP contribution in [0.25, 0.3) is 0 Å². The molecule has 0 saturated carbocycles. The molecule has 0 amide bonds. The number of benzene rings is 3. The van der Waals surface area contributed by atoms with Crippen LogP contribution >= 0.6 is 0 Å². The van der Waals surface area contributed by atoms with Gasteiger partial charge in [-0.05, 0) is 92.7 Å². The molecule has 0 atom stereocenters. The van der Waals surface area contributed by atoms with Crippen LogP contribution in [0.15, 0.2) is 18.2 Å². The number of fused-ring (bicyclic) bond motifs is 3. The predicted molar refractivity (Wildman–Crippen MR) is 397 cm³/mol. The maximum atomic E-state index is 14.8. The number of hydrogen-bond donors (Lipinski definition) is 0. The largest absolute Gasteiger partial charge is 0.422 e. The molecule has 1 aliphatic carbocycles. The van der Waals surface area contributed by atoms with Gasteiger partial charge in [-0.2, -0.15) is 0 Å². The Morgan fingerprint density at radius 1 is 0.206 bits per heavy atom. The Hall–Kier alpha value is -7.11. The van der Waals surface area contributed by atoms with Gasteiger partial charge < -0.3 is 42.6 Å². The first kappa shape index (κ1) is 87.3. The number of rotatable bonds is 54. The minimum atomic E-state index is -0.694. The first-order valence-corrected chi connectivity index (χ1v) is 39.9. The maximum absolute atomic E-state index is 14.8. The van der Waals surface area contributed by atoms with Gasteiger partial charge in [-0.15, -0.1) is 0 Å². The molecule has 102 heavy (non-hydrogen) atoms. The summed E-state index contributed by atoms with van der Waals surface area (Å²) in [6.45, 7) is 18.5. The molecule has 3 aromatic rings. The first-order chi connectivity index (χ1) is 49.5. The Labute approximate surface area is 610 Å². The van der Waals surface area contributed by atoms with Gasteiger partial charge in [0.15, 0.2) is 34.5 Å². The number of esters is 9. The smallest absolute Gasteiger partial charge is 0.311 e. The number of carbonyl (C=O) groups is 9. The van der Waals surface area contributed by atoms with Crippen LogP contribution in [-0.4, -0.2) is 53.7 Å². The van der Waals surface area contributed by atoms with E-state index in [2.05, 4.69) is 62.3 Å². The van der Waals surface area contributed by atoms with Crippen molar-refractivity contribution in [2.45, 2.75) is 371 Å². The zero-order valence-corrected chi connectivity index (χ0v) is 64.0. The van der Waals surface area contributed by atoms with Crippen LogP contribution in [0, 0.1) is 0 Å². The Morgan fingerprint density at radius 3 is 0.510 bits per heavy atom. The number of ether oxygens (including phenoxy) is 9. The molecule has 0 N–H and O–H groups in total. The van der Waals surface area contributed by atoms with E-state index in [1.807, 2.05) is 0 Å². The van der Waals surface area contributed by atoms with Crippen molar-refractivity contribution in [1.29, 1.82) is 0 Å². The average molecular weight is 1420 g/mol. The summed E-state index contributed by atoms with van der Waals surface area (Å²) in [4.78, 5) is 131. The fraction of sp³-hybridized carbons (Fsp3) is 0.679. The molecule has 0 saturated heterocycles. The zero-order valence-electron chi connectivity index (χ0n) is 64.0. The summed E-state index contributed by atoms with van der Waals surface area (Å²) in [6.07, 6.45) is 25.3. The monoisotopic (exact) mass is 1420 g/mol. The summed E-state index contributed by atoms with van der Waals surface area (Å²) in [7, 11) is 0. The van der Waals surface area contributed by atoms with Crippen LogP contribution in [0.2, 0.25) is 0 Å². The van der Waals surface area contributed by atoms with Crippen molar-refractivity contribution in [3.05, 3.63) is 51.6 Å². The van der Waals surface area contributed by atoms with Gasteiger partial charge in [0.05, 0.1) is 0 Å². The third-order valence-electron chi connectivity index (χ3n) is 18.4. The SMILES string of the molecule is CCCCCCC(=O)Oc1cc2c(c(OC(=O)CCCCCC)c1OC(=O)CCCCCC)Cc1cc(OC(=O)CCCCCC)c(OC(=O)CCCCCC)c(OC(=O)CCCCCC)c1Cc1cc(OC(=O)CCCCCC)c(OC(=O)CCCCCC)c(OC(=O)CCCCCC)c1C2. The molecule has 3 aromatic carbocycles. The summed E-state index contributed by atoms with van der Waals surface area (Å²) in [5.74, 6) is -8.70. The quantitative estimate of drug-likeness (QED) is 0.0227. The van der Waals surface area contributed by atoms with Crippen LogP contribution in [0.3, 0.4) is 0 Å². The number of hydrogen-bond acceptors (Lipinski definition) is 18. The summed E-state index contributed by atoms with van der Waals surface area (Å²) in [5, 5.41) is 0. The lowest BCUT2D eigenvalue weighted by Gasteiger charge is -2.23. The molecule has 0 bridgehead atoms. The van der Waals surface area contributed by atoms with Crippen molar-refractivity contribution in [2.75, 3.05) is 0 Å². The average Bonchev–Trinajstić information content (AvgIpc) is 1.41. The zero-order chi connectivity index (χ0) is 74.3. The van der Waals surface area contributed by atoms with Crippen LogP contribution in [0.5, 0.6) is 51.7 Å². The topological polar surface area (TPSA) is 237 Å². The van der Waals surface area contributed by atoms with E-state index in [4.69, 9.17) is 42.6 Å². The fourth-order valence-electron chi connectivity index (χ4n) is 12.4. The second kappa shape index (κ2) is 51.9. The van der Waals surface area contributed by atoms with Gasteiger partial charge in [-0.25, -0.2) is 0 Å². The highest BCUT2D eigenvalue weighted by Crippen LogP contribution is 2.53. The summed E-state index contributed by atoms with van der Waals surface area (Å²) >= 11 is 0. The second-order valence-corrected chi connectivity index (χ2v) is 27.6. The standard InChI is InChI=1S/C84H126O18/c1-10-19-28-37-46-70(85)94-67-58-61-55-65-63(60-69(96-72(87)48-39-30-21-12-3)83(101-77(92)53-44-35-26-17-8)80(65)98-74(89)50-41-32-23-14-5)57-66-62(56-64(61)79(97-73(88)49-40-31-22-13-4)82(67)100-76(91)52-43-34-25-16-7)59-68(95-71(86)47-38-29-20-11-2)84(102-78(93)54-45-36-27-18-9)81(66)99-75(90)51-42-33-24-15-6/h58-60H,10-57H2,1-9H3. The Balaban J connectivity index is 2.47. The molecule has 0 unspecified atom stereocenters. The van der Waals surface area contributed by atoms with Crippen molar-refractivity contribution in [1.82, 2.24) is 0 Å². The highest BCUT2D eigenvalue weighted by atomic mass is 16.6. The summed E-state index contributed by atoms with van der Waals surface area (Å²) in [6, 6.07) is 4.61. The molecule has 0 radical (unpaired) electrons. The lowest BCUT2D eigenvalue weighted by Crippen LogP contribution is -2.18. The number of carbonyl (C=O) groups excluding carboxylic acids is 9. The van der Waals surface area contributed by atoms with Crippen molar-refractivity contribution < 1.29 is 85.8 Å². The molecule has 18 nitrogen and oxygen atoms in total. The molecule has 18 heteroatoms. The molecule has 1 aliphatic rings. The fourth-order valence-corrected chi connectivity index (χ4v) is 12.4. The Kier molecular flexibility index (Phi) is 44.5. The van der Waals surface area contributed by atoms with Crippen molar-refractivity contribution in [3.63, 3.8) is 0 Å². The predicted octanol–water partition coefficient (Wildman–Crippen LogP) is 21.7. The van der Waals surface area contributed by atoms with Crippen molar-refractivity contribution >= 4 is 53.7 Å². The van der Waals surface area contributed by atoms with Gasteiger partial charge in [-0.1, -0.05) is 236 Å². The third kappa shape index (κ3) is 32.7.